The van der Waals surface area contributed by atoms with E-state index in [1.807, 2.05) is 43.3 Å². The predicted octanol–water partition coefficient (Wildman–Crippen LogP) is 3.09. The highest BCUT2D eigenvalue weighted by Gasteiger charge is 2.27. The van der Waals surface area contributed by atoms with E-state index in [0.29, 0.717) is 12.1 Å². The fourth-order valence-electron chi connectivity index (χ4n) is 3.16. The SMILES string of the molecule is Cc1ccccc1C(=O)NC(C)C(=O)N1CCCc2ccccc21. The van der Waals surface area contributed by atoms with Crippen molar-refractivity contribution in [1.82, 2.24) is 5.32 Å². The second kappa shape index (κ2) is 6.87. The van der Waals surface area contributed by atoms with E-state index >= 15 is 0 Å². The van der Waals surface area contributed by atoms with Crippen LogP contribution in [0.4, 0.5) is 5.69 Å². The first-order valence-electron chi connectivity index (χ1n) is 8.33. The highest BCUT2D eigenvalue weighted by atomic mass is 16.2. The van der Waals surface area contributed by atoms with Crippen LogP contribution >= 0.6 is 0 Å². The van der Waals surface area contributed by atoms with Crippen molar-refractivity contribution in [3.8, 4) is 0 Å². The molecule has 2 aromatic rings. The maximum absolute atomic E-state index is 12.8. The zero-order chi connectivity index (χ0) is 17.1. The number of nitrogens with zero attached hydrogens (tertiary/aromatic N) is 1. The van der Waals surface area contributed by atoms with E-state index in [1.54, 1.807) is 17.9 Å². The van der Waals surface area contributed by atoms with Crippen molar-refractivity contribution in [3.63, 3.8) is 0 Å². The molecule has 0 aromatic heterocycles. The summed E-state index contributed by atoms with van der Waals surface area (Å²) in [4.78, 5) is 27.0. The third-order valence-corrected chi connectivity index (χ3v) is 4.48. The molecule has 1 N–H and O–H groups in total. The lowest BCUT2D eigenvalue weighted by Gasteiger charge is -2.31. The van der Waals surface area contributed by atoms with E-state index in [4.69, 9.17) is 0 Å². The van der Waals surface area contributed by atoms with Crippen LogP contribution in [0.3, 0.4) is 0 Å². The summed E-state index contributed by atoms with van der Waals surface area (Å²) in [7, 11) is 0. The highest BCUT2D eigenvalue weighted by Crippen LogP contribution is 2.27. The number of amides is 2. The van der Waals surface area contributed by atoms with Crippen LogP contribution in [0.1, 0.15) is 34.8 Å². The molecule has 0 saturated heterocycles. The van der Waals surface area contributed by atoms with Gasteiger partial charge in [-0.2, -0.15) is 0 Å². The summed E-state index contributed by atoms with van der Waals surface area (Å²) < 4.78 is 0. The molecule has 3 rings (SSSR count). The molecule has 0 fully saturated rings. The van der Waals surface area contributed by atoms with E-state index in [2.05, 4.69) is 11.4 Å². The van der Waals surface area contributed by atoms with Crippen LogP contribution in [0.15, 0.2) is 48.5 Å². The lowest BCUT2D eigenvalue weighted by atomic mass is 10.0. The van der Waals surface area contributed by atoms with Gasteiger partial charge in [0.05, 0.1) is 0 Å². The Balaban J connectivity index is 1.74. The van der Waals surface area contributed by atoms with E-state index < -0.39 is 6.04 Å². The van der Waals surface area contributed by atoms with Gasteiger partial charge in [-0.05, 0) is 49.9 Å². The van der Waals surface area contributed by atoms with Gasteiger partial charge in [0.2, 0.25) is 5.91 Å². The number of para-hydroxylation sites is 1. The van der Waals surface area contributed by atoms with Gasteiger partial charge in [-0.25, -0.2) is 0 Å². The Hall–Kier alpha value is -2.62. The summed E-state index contributed by atoms with van der Waals surface area (Å²) in [5, 5.41) is 2.83. The third-order valence-electron chi connectivity index (χ3n) is 4.48. The molecule has 1 atom stereocenters. The third kappa shape index (κ3) is 3.18. The minimum Gasteiger partial charge on any atom is -0.340 e. The van der Waals surface area contributed by atoms with Gasteiger partial charge in [0, 0.05) is 17.8 Å². The Kier molecular flexibility index (Phi) is 4.65. The van der Waals surface area contributed by atoms with Crippen molar-refractivity contribution >= 4 is 17.5 Å². The van der Waals surface area contributed by atoms with Crippen LogP contribution in [-0.4, -0.2) is 24.4 Å². The number of nitrogens with one attached hydrogen (secondary N) is 1. The number of hydrogen-bond donors (Lipinski definition) is 1. The molecule has 1 unspecified atom stereocenters. The van der Waals surface area contributed by atoms with Gasteiger partial charge >= 0.3 is 0 Å². The quantitative estimate of drug-likeness (QED) is 0.944. The van der Waals surface area contributed by atoms with Gasteiger partial charge < -0.3 is 10.2 Å². The van der Waals surface area contributed by atoms with Crippen molar-refractivity contribution in [1.29, 1.82) is 0 Å². The van der Waals surface area contributed by atoms with E-state index in [-0.39, 0.29) is 11.8 Å². The summed E-state index contributed by atoms with van der Waals surface area (Å²) in [5.74, 6) is -0.275. The van der Waals surface area contributed by atoms with E-state index in [9.17, 15) is 9.59 Å². The standard InChI is InChI=1S/C20H22N2O2/c1-14-8-3-5-11-17(14)19(23)21-15(2)20(24)22-13-7-10-16-9-4-6-12-18(16)22/h3-6,8-9,11-12,15H,7,10,13H2,1-2H3,(H,21,23). The van der Waals surface area contributed by atoms with Crippen molar-refractivity contribution in [2.75, 3.05) is 11.4 Å². The molecule has 24 heavy (non-hydrogen) atoms. The van der Waals surface area contributed by atoms with Crippen LogP contribution < -0.4 is 10.2 Å². The number of carbonyl (C=O) groups is 2. The van der Waals surface area contributed by atoms with Gasteiger partial charge in [0.15, 0.2) is 0 Å². The summed E-state index contributed by atoms with van der Waals surface area (Å²) in [6.07, 6.45) is 1.94. The van der Waals surface area contributed by atoms with Crippen LogP contribution in [0, 0.1) is 6.92 Å². The fourth-order valence-corrected chi connectivity index (χ4v) is 3.16. The van der Waals surface area contributed by atoms with Crippen LogP contribution in [0.2, 0.25) is 0 Å². The number of aryl methyl sites for hydroxylation is 2. The lowest BCUT2D eigenvalue weighted by Crippen LogP contribution is -2.48. The minimum absolute atomic E-state index is 0.0657. The van der Waals surface area contributed by atoms with Crippen molar-refractivity contribution in [2.45, 2.75) is 32.7 Å². The monoisotopic (exact) mass is 322 g/mol. The molecule has 2 aromatic carbocycles. The molecule has 1 aliphatic rings. The molecule has 4 heteroatoms. The normalized spacial score (nSPS) is 14.7. The maximum Gasteiger partial charge on any atom is 0.252 e. The zero-order valence-electron chi connectivity index (χ0n) is 14.1. The van der Waals surface area contributed by atoms with Crippen LogP contribution in [-0.2, 0) is 11.2 Å². The first-order valence-corrected chi connectivity index (χ1v) is 8.33. The van der Waals surface area contributed by atoms with Crippen molar-refractivity contribution < 1.29 is 9.59 Å². The molecule has 1 aliphatic heterocycles. The Morgan fingerprint density at radius 3 is 2.58 bits per heavy atom. The molecule has 0 saturated carbocycles. The minimum atomic E-state index is -0.566. The lowest BCUT2D eigenvalue weighted by molar-refractivity contribution is -0.120. The first-order chi connectivity index (χ1) is 11.6. The molecule has 1 heterocycles. The second-order valence-corrected chi connectivity index (χ2v) is 6.23. The van der Waals surface area contributed by atoms with Crippen molar-refractivity contribution in [3.05, 3.63) is 65.2 Å². The molecular formula is C20H22N2O2. The van der Waals surface area contributed by atoms with Gasteiger partial charge in [-0.1, -0.05) is 36.4 Å². The molecule has 0 spiro atoms. The van der Waals surface area contributed by atoms with Crippen LogP contribution in [0.25, 0.3) is 0 Å². The smallest absolute Gasteiger partial charge is 0.252 e. The summed E-state index contributed by atoms with van der Waals surface area (Å²) in [5.41, 5.74) is 3.66. The fraction of sp³-hybridized carbons (Fsp3) is 0.300. The zero-order valence-corrected chi connectivity index (χ0v) is 14.1. The predicted molar refractivity (Wildman–Crippen MR) is 95.2 cm³/mol. The molecule has 0 bridgehead atoms. The maximum atomic E-state index is 12.8. The number of carbonyl (C=O) groups excluding carboxylic acids is 2. The Morgan fingerprint density at radius 1 is 1.08 bits per heavy atom. The Bertz CT molecular complexity index is 770. The number of rotatable bonds is 3. The first kappa shape index (κ1) is 16.2. The molecule has 124 valence electrons. The van der Waals surface area contributed by atoms with Gasteiger partial charge in [-0.15, -0.1) is 0 Å². The average molecular weight is 322 g/mol. The topological polar surface area (TPSA) is 49.4 Å². The van der Waals surface area contributed by atoms with Gasteiger partial charge in [-0.3, -0.25) is 9.59 Å². The second-order valence-electron chi connectivity index (χ2n) is 6.23. The Labute approximate surface area is 142 Å². The summed E-state index contributed by atoms with van der Waals surface area (Å²) in [6.45, 7) is 4.33. The number of benzene rings is 2. The van der Waals surface area contributed by atoms with Crippen molar-refractivity contribution in [2.24, 2.45) is 0 Å². The largest absolute Gasteiger partial charge is 0.340 e. The number of fused-ring (bicyclic) bond motifs is 1. The van der Waals surface area contributed by atoms with Gasteiger partial charge in [0.1, 0.15) is 6.04 Å². The Morgan fingerprint density at radius 2 is 1.79 bits per heavy atom. The highest BCUT2D eigenvalue weighted by molar-refractivity contribution is 6.03. The average Bonchev–Trinajstić information content (AvgIpc) is 2.60. The molecule has 0 aliphatic carbocycles. The molecular weight excluding hydrogens is 300 g/mol. The van der Waals surface area contributed by atoms with Gasteiger partial charge in [0.25, 0.3) is 5.91 Å². The van der Waals surface area contributed by atoms with E-state index in [1.165, 1.54) is 5.56 Å². The summed E-state index contributed by atoms with van der Waals surface area (Å²) in [6, 6.07) is 14.8. The molecule has 2 amide bonds. The summed E-state index contributed by atoms with van der Waals surface area (Å²) >= 11 is 0. The molecule has 4 nitrogen and oxygen atoms in total. The molecule has 0 radical (unpaired) electrons. The van der Waals surface area contributed by atoms with E-state index in [0.717, 1.165) is 24.1 Å². The number of anilines is 1. The number of hydrogen-bond acceptors (Lipinski definition) is 2. The van der Waals surface area contributed by atoms with Crippen LogP contribution in [0.5, 0.6) is 0 Å².